The minimum Gasteiger partial charge on any atom is -0.465 e. The zero-order chi connectivity index (χ0) is 20.4. The largest absolute Gasteiger partial charge is 0.465 e. The lowest BCUT2D eigenvalue weighted by Gasteiger charge is -2.18. The lowest BCUT2D eigenvalue weighted by Crippen LogP contribution is -2.29. The average molecular weight is 392 g/mol. The van der Waals surface area contributed by atoms with Gasteiger partial charge in [0.2, 0.25) is 0 Å². The molecule has 4 rings (SSSR count). The highest BCUT2D eigenvalue weighted by molar-refractivity contribution is 6.12. The number of carbonyl (C=O) groups is 1. The monoisotopic (exact) mass is 392 g/mol. The number of aromatic nitrogens is 2. The van der Waals surface area contributed by atoms with E-state index in [9.17, 15) is 14.3 Å². The molecule has 2 aromatic carbocycles. The lowest BCUT2D eigenvalue weighted by molar-refractivity contribution is 0.191. The Bertz CT molecular complexity index is 1140. The SMILES string of the molecule is CC1=NN=C(Nc2nc(C(NC(=O)O)c3ccc(F)cc3)nc3ccccc23)C1. The van der Waals surface area contributed by atoms with Gasteiger partial charge in [-0.3, -0.25) is 0 Å². The number of nitrogens with one attached hydrogen (secondary N) is 2. The number of fused-ring (bicyclic) bond motifs is 1. The molecule has 2 heterocycles. The molecule has 1 atom stereocenters. The number of carboxylic acid groups (broad SMARTS) is 1. The van der Waals surface area contributed by atoms with Gasteiger partial charge < -0.3 is 15.7 Å². The zero-order valence-corrected chi connectivity index (χ0v) is 15.4. The highest BCUT2D eigenvalue weighted by atomic mass is 19.1. The Morgan fingerprint density at radius 2 is 1.86 bits per heavy atom. The molecule has 0 spiro atoms. The maximum absolute atomic E-state index is 13.3. The maximum atomic E-state index is 13.3. The van der Waals surface area contributed by atoms with Crippen LogP contribution in [0.25, 0.3) is 10.9 Å². The van der Waals surface area contributed by atoms with Crippen molar-refractivity contribution in [1.82, 2.24) is 15.3 Å². The van der Waals surface area contributed by atoms with Crippen LogP contribution in [0.1, 0.15) is 30.8 Å². The Labute approximate surface area is 165 Å². The summed E-state index contributed by atoms with van der Waals surface area (Å²) >= 11 is 0. The number of nitrogens with zero attached hydrogens (tertiary/aromatic N) is 4. The van der Waals surface area contributed by atoms with Gasteiger partial charge in [0.15, 0.2) is 5.82 Å². The number of halogens is 1. The number of rotatable bonds is 4. The normalized spacial score (nSPS) is 14.3. The number of para-hydroxylation sites is 1. The first-order chi connectivity index (χ1) is 14.0. The third-order valence-electron chi connectivity index (χ3n) is 4.38. The summed E-state index contributed by atoms with van der Waals surface area (Å²) in [5.74, 6) is 0.950. The van der Waals surface area contributed by atoms with Gasteiger partial charge in [0.1, 0.15) is 23.5 Å². The molecule has 1 unspecified atom stereocenters. The summed E-state index contributed by atoms with van der Waals surface area (Å²) in [4.78, 5) is 20.5. The van der Waals surface area contributed by atoms with Crippen LogP contribution in [0, 0.1) is 5.82 Å². The van der Waals surface area contributed by atoms with Gasteiger partial charge in [-0.2, -0.15) is 5.10 Å². The summed E-state index contributed by atoms with van der Waals surface area (Å²) in [5.41, 5.74) is 2.03. The predicted molar refractivity (Wildman–Crippen MR) is 108 cm³/mol. The first kappa shape index (κ1) is 18.5. The summed E-state index contributed by atoms with van der Waals surface area (Å²) in [6.07, 6.45) is -0.669. The number of benzene rings is 2. The lowest BCUT2D eigenvalue weighted by atomic mass is 10.1. The Morgan fingerprint density at radius 3 is 2.55 bits per heavy atom. The van der Waals surface area contributed by atoms with Crippen LogP contribution < -0.4 is 10.6 Å². The van der Waals surface area contributed by atoms with Crippen LogP contribution in [0.3, 0.4) is 0 Å². The summed E-state index contributed by atoms with van der Waals surface area (Å²) < 4.78 is 13.3. The van der Waals surface area contributed by atoms with E-state index in [-0.39, 0.29) is 5.82 Å². The third kappa shape index (κ3) is 4.03. The molecule has 3 aromatic rings. The molecule has 0 bridgehead atoms. The molecule has 0 radical (unpaired) electrons. The van der Waals surface area contributed by atoms with Crippen LogP contribution in [0.4, 0.5) is 15.0 Å². The molecule has 146 valence electrons. The quantitative estimate of drug-likeness (QED) is 0.627. The van der Waals surface area contributed by atoms with Crippen LogP contribution in [0.2, 0.25) is 0 Å². The van der Waals surface area contributed by atoms with E-state index in [1.807, 2.05) is 31.2 Å². The zero-order valence-electron chi connectivity index (χ0n) is 15.4. The fraction of sp³-hybridized carbons (Fsp3) is 0.150. The van der Waals surface area contributed by atoms with E-state index in [4.69, 9.17) is 0 Å². The smallest absolute Gasteiger partial charge is 0.405 e. The molecule has 1 aliphatic rings. The Hall–Kier alpha value is -3.88. The first-order valence-corrected chi connectivity index (χ1v) is 8.88. The van der Waals surface area contributed by atoms with E-state index in [1.165, 1.54) is 24.3 Å². The molecular formula is C20H17FN6O2. The molecule has 29 heavy (non-hydrogen) atoms. The topological polar surface area (TPSA) is 112 Å². The van der Waals surface area contributed by atoms with Crippen molar-refractivity contribution in [3.05, 3.63) is 65.7 Å². The second kappa shape index (κ2) is 7.63. The van der Waals surface area contributed by atoms with Crippen LogP contribution in [0.15, 0.2) is 58.7 Å². The van der Waals surface area contributed by atoms with Gasteiger partial charge in [-0.15, -0.1) is 5.10 Å². The number of amides is 1. The summed E-state index contributed by atoms with van der Waals surface area (Å²) in [7, 11) is 0. The Morgan fingerprint density at radius 1 is 1.10 bits per heavy atom. The predicted octanol–water partition coefficient (Wildman–Crippen LogP) is 3.72. The molecule has 8 nitrogen and oxygen atoms in total. The fourth-order valence-corrected chi connectivity index (χ4v) is 3.06. The maximum Gasteiger partial charge on any atom is 0.405 e. The molecule has 0 aliphatic carbocycles. The van der Waals surface area contributed by atoms with Crippen LogP contribution in [-0.4, -0.2) is 32.7 Å². The Kier molecular flexibility index (Phi) is 4.86. The molecule has 1 amide bonds. The molecule has 1 aromatic heterocycles. The molecule has 3 N–H and O–H groups in total. The van der Waals surface area contributed by atoms with E-state index in [0.717, 1.165) is 11.1 Å². The van der Waals surface area contributed by atoms with Gasteiger partial charge in [0.05, 0.1) is 5.52 Å². The first-order valence-electron chi connectivity index (χ1n) is 8.88. The molecular weight excluding hydrogens is 375 g/mol. The molecule has 0 saturated carbocycles. The van der Waals surface area contributed by atoms with E-state index >= 15 is 0 Å². The average Bonchev–Trinajstić information content (AvgIpc) is 3.11. The molecule has 9 heteroatoms. The van der Waals surface area contributed by atoms with Crippen molar-refractivity contribution in [2.75, 3.05) is 5.32 Å². The standard InChI is InChI=1S/C20H17FN6O2/c1-11-10-16(27-26-11)23-18-14-4-2-3-5-15(14)22-19(25-18)17(24-20(28)29)12-6-8-13(21)9-7-12/h2-9,17,24H,10H2,1H3,(H,28,29)(H,22,23,25,27). The van der Waals surface area contributed by atoms with Crippen molar-refractivity contribution in [3.8, 4) is 0 Å². The Balaban J connectivity index is 1.80. The molecule has 0 fully saturated rings. The highest BCUT2D eigenvalue weighted by Gasteiger charge is 2.22. The van der Waals surface area contributed by atoms with Gasteiger partial charge in [0, 0.05) is 17.5 Å². The van der Waals surface area contributed by atoms with Crippen molar-refractivity contribution in [2.24, 2.45) is 10.2 Å². The summed E-state index contributed by atoms with van der Waals surface area (Å²) in [6, 6.07) is 12.0. The summed E-state index contributed by atoms with van der Waals surface area (Å²) in [6.45, 7) is 1.88. The minimum absolute atomic E-state index is 0.233. The van der Waals surface area contributed by atoms with Gasteiger partial charge >= 0.3 is 6.09 Å². The van der Waals surface area contributed by atoms with Gasteiger partial charge in [-0.05, 0) is 36.8 Å². The second-order valence-electron chi connectivity index (χ2n) is 6.57. The van der Waals surface area contributed by atoms with E-state index < -0.39 is 18.0 Å². The third-order valence-corrected chi connectivity index (χ3v) is 4.38. The van der Waals surface area contributed by atoms with Crippen LogP contribution >= 0.6 is 0 Å². The van der Waals surface area contributed by atoms with Crippen LogP contribution in [0.5, 0.6) is 0 Å². The van der Waals surface area contributed by atoms with Crippen molar-refractivity contribution < 1.29 is 14.3 Å². The van der Waals surface area contributed by atoms with Gasteiger partial charge in [-0.25, -0.2) is 19.2 Å². The highest BCUT2D eigenvalue weighted by Crippen LogP contribution is 2.26. The minimum atomic E-state index is -1.24. The van der Waals surface area contributed by atoms with Crippen LogP contribution in [-0.2, 0) is 0 Å². The van der Waals surface area contributed by atoms with E-state index in [0.29, 0.717) is 29.2 Å². The second-order valence-corrected chi connectivity index (χ2v) is 6.57. The van der Waals surface area contributed by atoms with Gasteiger partial charge in [-0.1, -0.05) is 24.3 Å². The fourth-order valence-electron chi connectivity index (χ4n) is 3.06. The van der Waals surface area contributed by atoms with E-state index in [1.54, 1.807) is 0 Å². The number of hydrogen-bond donors (Lipinski definition) is 3. The molecule has 0 saturated heterocycles. The number of hydrogen-bond acceptors (Lipinski definition) is 6. The van der Waals surface area contributed by atoms with Crippen molar-refractivity contribution >= 4 is 34.4 Å². The number of anilines is 1. The van der Waals surface area contributed by atoms with Gasteiger partial charge in [0.25, 0.3) is 0 Å². The molecule has 1 aliphatic heterocycles. The summed E-state index contributed by atoms with van der Waals surface area (Å²) in [5, 5.41) is 23.8. The van der Waals surface area contributed by atoms with Crippen molar-refractivity contribution in [2.45, 2.75) is 19.4 Å². The number of amidine groups is 1. The van der Waals surface area contributed by atoms with Crippen molar-refractivity contribution in [3.63, 3.8) is 0 Å². The van der Waals surface area contributed by atoms with E-state index in [2.05, 4.69) is 30.8 Å². The van der Waals surface area contributed by atoms with Crippen molar-refractivity contribution in [1.29, 1.82) is 0 Å².